The van der Waals surface area contributed by atoms with E-state index < -0.39 is 0 Å². The van der Waals surface area contributed by atoms with Crippen LogP contribution >= 0.6 is 0 Å². The quantitative estimate of drug-likeness (QED) is 0.488. The highest BCUT2D eigenvalue weighted by atomic mass is 14.5. The van der Waals surface area contributed by atoms with Gasteiger partial charge in [0.05, 0.1) is 0 Å². The summed E-state index contributed by atoms with van der Waals surface area (Å²) in [7, 11) is 0. The maximum absolute atomic E-state index is 2.53. The second-order valence-electron chi connectivity index (χ2n) is 5.34. The first-order valence-corrected chi connectivity index (χ1v) is 5.84. The van der Waals surface area contributed by atoms with Gasteiger partial charge in [0.1, 0.15) is 0 Å². The Morgan fingerprint density at radius 3 is 2.92 bits per heavy atom. The molecule has 0 saturated heterocycles. The summed E-state index contributed by atoms with van der Waals surface area (Å²) in [4.78, 5) is 0. The van der Waals surface area contributed by atoms with Crippen LogP contribution in [0, 0.1) is 17.3 Å². The van der Waals surface area contributed by atoms with Crippen LogP contribution in [0.15, 0.2) is 11.6 Å². The van der Waals surface area contributed by atoms with Crippen molar-refractivity contribution in [2.24, 2.45) is 17.3 Å². The van der Waals surface area contributed by atoms with E-state index in [2.05, 4.69) is 26.8 Å². The monoisotopic (exact) mass is 178 g/mol. The van der Waals surface area contributed by atoms with E-state index in [0.717, 1.165) is 11.8 Å². The lowest BCUT2D eigenvalue weighted by Crippen LogP contribution is -2.37. The molecule has 2 rings (SSSR count). The molecule has 0 radical (unpaired) electrons. The molecule has 1 saturated carbocycles. The summed E-state index contributed by atoms with van der Waals surface area (Å²) in [6.45, 7) is 7.39. The number of rotatable bonds is 0. The molecule has 3 unspecified atom stereocenters. The molecule has 74 valence electrons. The summed E-state index contributed by atoms with van der Waals surface area (Å²) in [5.74, 6) is 1.83. The molecule has 3 atom stereocenters. The second-order valence-corrected chi connectivity index (χ2v) is 5.34. The topological polar surface area (TPSA) is 0 Å². The summed E-state index contributed by atoms with van der Waals surface area (Å²) in [5.41, 5.74) is 2.35. The normalized spacial score (nSPS) is 45.3. The van der Waals surface area contributed by atoms with Crippen LogP contribution in [-0.2, 0) is 0 Å². The Hall–Kier alpha value is -0.260. The molecule has 1 fully saturated rings. The maximum Gasteiger partial charge on any atom is -0.00881 e. The molecule has 0 bridgehead atoms. The molecular formula is C13H22. The molecule has 0 spiro atoms. The van der Waals surface area contributed by atoms with E-state index in [4.69, 9.17) is 0 Å². The van der Waals surface area contributed by atoms with Gasteiger partial charge in [-0.3, -0.25) is 0 Å². The van der Waals surface area contributed by atoms with Crippen molar-refractivity contribution in [3.8, 4) is 0 Å². The van der Waals surface area contributed by atoms with Gasteiger partial charge in [0.15, 0.2) is 0 Å². The summed E-state index contributed by atoms with van der Waals surface area (Å²) in [6.07, 6.45) is 9.52. The van der Waals surface area contributed by atoms with Crippen LogP contribution in [0.5, 0.6) is 0 Å². The summed E-state index contributed by atoms with van der Waals surface area (Å²) in [6, 6.07) is 0. The van der Waals surface area contributed by atoms with Crippen LogP contribution in [0.3, 0.4) is 0 Å². The van der Waals surface area contributed by atoms with Crippen LogP contribution in [0.2, 0.25) is 0 Å². The number of hydrogen-bond acceptors (Lipinski definition) is 0. The minimum atomic E-state index is 0.565. The molecule has 2 aliphatic rings. The van der Waals surface area contributed by atoms with Crippen LogP contribution in [-0.4, -0.2) is 0 Å². The fourth-order valence-corrected chi connectivity index (χ4v) is 3.31. The standard InChI is InChI=1S/C13H22/c1-10-7-8-12-6-4-5-9-13(12,3)11(10)2/h6,10-11H,4-5,7-9H2,1-3H3. The molecule has 2 aliphatic carbocycles. The summed E-state index contributed by atoms with van der Waals surface area (Å²) < 4.78 is 0. The molecule has 0 aliphatic heterocycles. The van der Waals surface area contributed by atoms with Gasteiger partial charge in [0.2, 0.25) is 0 Å². The molecule has 0 heterocycles. The van der Waals surface area contributed by atoms with Crippen molar-refractivity contribution in [1.82, 2.24) is 0 Å². The molecule has 0 amide bonds. The van der Waals surface area contributed by atoms with Crippen LogP contribution in [0.1, 0.15) is 52.9 Å². The van der Waals surface area contributed by atoms with Gasteiger partial charge in [0.25, 0.3) is 0 Å². The first-order chi connectivity index (χ1) is 6.14. The van der Waals surface area contributed by atoms with Crippen LogP contribution in [0.4, 0.5) is 0 Å². The Balaban J connectivity index is 2.29. The minimum absolute atomic E-state index is 0.565. The minimum Gasteiger partial charge on any atom is -0.0848 e. The lowest BCUT2D eigenvalue weighted by molar-refractivity contribution is 0.120. The third kappa shape index (κ3) is 1.35. The Morgan fingerprint density at radius 1 is 1.38 bits per heavy atom. The summed E-state index contributed by atoms with van der Waals surface area (Å²) >= 11 is 0. The zero-order valence-corrected chi connectivity index (χ0v) is 9.27. The Morgan fingerprint density at radius 2 is 2.15 bits per heavy atom. The smallest absolute Gasteiger partial charge is 0.00881 e. The van der Waals surface area contributed by atoms with Crippen molar-refractivity contribution in [1.29, 1.82) is 0 Å². The maximum atomic E-state index is 2.53. The van der Waals surface area contributed by atoms with Crippen LogP contribution < -0.4 is 0 Å². The highest BCUT2D eigenvalue weighted by Gasteiger charge is 2.41. The third-order valence-electron chi connectivity index (χ3n) is 4.75. The highest BCUT2D eigenvalue weighted by Crippen LogP contribution is 2.52. The molecule has 0 heteroatoms. The predicted octanol–water partition coefficient (Wildman–Crippen LogP) is 4.17. The van der Waals surface area contributed by atoms with Crippen molar-refractivity contribution >= 4 is 0 Å². The SMILES string of the molecule is CC1CCC2=CCCCC2(C)C1C. The fraction of sp³-hybridized carbons (Fsp3) is 0.846. The largest absolute Gasteiger partial charge is 0.0848 e. The lowest BCUT2D eigenvalue weighted by atomic mass is 9.57. The second kappa shape index (κ2) is 3.15. The van der Waals surface area contributed by atoms with E-state index in [0.29, 0.717) is 5.41 Å². The van der Waals surface area contributed by atoms with E-state index in [9.17, 15) is 0 Å². The van der Waals surface area contributed by atoms with Gasteiger partial charge in [-0.25, -0.2) is 0 Å². The molecule has 0 N–H and O–H groups in total. The molecular weight excluding hydrogens is 156 g/mol. The van der Waals surface area contributed by atoms with E-state index in [1.54, 1.807) is 5.57 Å². The Bertz CT molecular complexity index is 226. The number of allylic oxidation sites excluding steroid dienone is 2. The Kier molecular flexibility index (Phi) is 2.25. The van der Waals surface area contributed by atoms with E-state index >= 15 is 0 Å². The van der Waals surface area contributed by atoms with Gasteiger partial charge in [-0.15, -0.1) is 0 Å². The fourth-order valence-electron chi connectivity index (χ4n) is 3.31. The van der Waals surface area contributed by atoms with Crippen molar-refractivity contribution in [3.63, 3.8) is 0 Å². The Labute approximate surface area is 82.4 Å². The van der Waals surface area contributed by atoms with Gasteiger partial charge in [-0.05, 0) is 49.4 Å². The van der Waals surface area contributed by atoms with Gasteiger partial charge in [-0.2, -0.15) is 0 Å². The van der Waals surface area contributed by atoms with Gasteiger partial charge < -0.3 is 0 Å². The van der Waals surface area contributed by atoms with E-state index in [1.807, 2.05) is 0 Å². The van der Waals surface area contributed by atoms with Crippen LogP contribution in [0.25, 0.3) is 0 Å². The van der Waals surface area contributed by atoms with Gasteiger partial charge >= 0.3 is 0 Å². The third-order valence-corrected chi connectivity index (χ3v) is 4.75. The molecule has 0 nitrogen and oxygen atoms in total. The lowest BCUT2D eigenvalue weighted by Gasteiger charge is -2.47. The molecule has 0 aromatic carbocycles. The number of hydrogen-bond donors (Lipinski definition) is 0. The van der Waals surface area contributed by atoms with E-state index in [1.165, 1.54) is 32.1 Å². The zero-order chi connectivity index (χ0) is 9.47. The first kappa shape index (κ1) is 9.30. The highest BCUT2D eigenvalue weighted by molar-refractivity contribution is 5.20. The average molecular weight is 178 g/mol. The zero-order valence-electron chi connectivity index (χ0n) is 9.27. The van der Waals surface area contributed by atoms with Crippen molar-refractivity contribution < 1.29 is 0 Å². The number of fused-ring (bicyclic) bond motifs is 1. The molecule has 13 heavy (non-hydrogen) atoms. The molecule has 0 aromatic heterocycles. The van der Waals surface area contributed by atoms with Crippen molar-refractivity contribution in [2.45, 2.75) is 52.9 Å². The molecule has 0 aromatic rings. The van der Waals surface area contributed by atoms with Crippen molar-refractivity contribution in [3.05, 3.63) is 11.6 Å². The van der Waals surface area contributed by atoms with E-state index in [-0.39, 0.29) is 0 Å². The van der Waals surface area contributed by atoms with Crippen molar-refractivity contribution in [2.75, 3.05) is 0 Å². The first-order valence-electron chi connectivity index (χ1n) is 5.84. The average Bonchev–Trinajstić information content (AvgIpc) is 2.13. The predicted molar refractivity (Wildman–Crippen MR) is 57.6 cm³/mol. The van der Waals surface area contributed by atoms with Gasteiger partial charge in [0, 0.05) is 0 Å². The van der Waals surface area contributed by atoms with Gasteiger partial charge in [-0.1, -0.05) is 32.4 Å². The summed E-state index contributed by atoms with van der Waals surface area (Å²) in [5, 5.41) is 0.